The SMILES string of the molecule is O=CN1NC(=O)/C(=C/c2ccc(OCCCC3CCCCC3)c([N+](=O)[O-])c2)C1=O. The van der Waals surface area contributed by atoms with E-state index in [0.29, 0.717) is 11.6 Å². The summed E-state index contributed by atoms with van der Waals surface area (Å²) < 4.78 is 5.63. The number of carbonyl (C=O) groups is 3. The van der Waals surface area contributed by atoms with Crippen molar-refractivity contribution in [1.29, 1.82) is 0 Å². The maximum Gasteiger partial charge on any atom is 0.311 e. The van der Waals surface area contributed by atoms with E-state index < -0.39 is 16.7 Å². The summed E-state index contributed by atoms with van der Waals surface area (Å²) in [4.78, 5) is 45.3. The minimum absolute atomic E-state index is 0.150. The first-order chi connectivity index (χ1) is 14.0. The maximum atomic E-state index is 11.9. The van der Waals surface area contributed by atoms with Crippen LogP contribution >= 0.6 is 0 Å². The highest BCUT2D eigenvalue weighted by Crippen LogP contribution is 2.31. The van der Waals surface area contributed by atoms with Crippen molar-refractivity contribution in [2.45, 2.75) is 44.9 Å². The molecule has 0 aromatic heterocycles. The summed E-state index contributed by atoms with van der Waals surface area (Å²) in [6.07, 6.45) is 9.65. The molecule has 1 heterocycles. The molecule has 0 unspecified atom stereocenters. The summed E-state index contributed by atoms with van der Waals surface area (Å²) in [6, 6.07) is 4.23. The summed E-state index contributed by atoms with van der Waals surface area (Å²) in [5, 5.41) is 11.9. The largest absolute Gasteiger partial charge is 0.487 e. The van der Waals surface area contributed by atoms with E-state index in [9.17, 15) is 24.5 Å². The number of nitro groups is 1. The number of nitrogens with zero attached hydrogens (tertiary/aromatic N) is 2. The van der Waals surface area contributed by atoms with Crippen molar-refractivity contribution < 1.29 is 24.0 Å². The second-order valence-corrected chi connectivity index (χ2v) is 7.26. The monoisotopic (exact) mass is 401 g/mol. The lowest BCUT2D eigenvalue weighted by atomic mass is 9.86. The van der Waals surface area contributed by atoms with Gasteiger partial charge in [0.2, 0.25) is 6.41 Å². The highest BCUT2D eigenvalue weighted by Gasteiger charge is 2.33. The average Bonchev–Trinajstić information content (AvgIpc) is 3.00. The van der Waals surface area contributed by atoms with Crippen molar-refractivity contribution in [1.82, 2.24) is 10.4 Å². The number of ether oxygens (including phenoxy) is 1. The van der Waals surface area contributed by atoms with Gasteiger partial charge in [-0.05, 0) is 36.5 Å². The molecule has 1 aliphatic heterocycles. The van der Waals surface area contributed by atoms with E-state index in [1.165, 1.54) is 56.4 Å². The van der Waals surface area contributed by atoms with E-state index in [4.69, 9.17) is 4.74 Å². The van der Waals surface area contributed by atoms with Crippen LogP contribution < -0.4 is 10.2 Å². The predicted molar refractivity (Wildman–Crippen MR) is 103 cm³/mol. The molecular weight excluding hydrogens is 378 g/mol. The van der Waals surface area contributed by atoms with Gasteiger partial charge in [0, 0.05) is 6.07 Å². The number of hydrogen-bond acceptors (Lipinski definition) is 6. The molecule has 0 radical (unpaired) electrons. The van der Waals surface area contributed by atoms with Gasteiger partial charge in [0.15, 0.2) is 5.75 Å². The molecule has 1 aliphatic carbocycles. The highest BCUT2D eigenvalue weighted by molar-refractivity contribution is 6.27. The van der Waals surface area contributed by atoms with Crippen molar-refractivity contribution in [3.05, 3.63) is 39.4 Å². The minimum Gasteiger partial charge on any atom is -0.487 e. The Morgan fingerprint density at radius 3 is 2.66 bits per heavy atom. The first kappa shape index (κ1) is 20.5. The van der Waals surface area contributed by atoms with Crippen LogP contribution in [0.15, 0.2) is 23.8 Å². The number of rotatable bonds is 8. The van der Waals surface area contributed by atoms with Gasteiger partial charge >= 0.3 is 5.69 Å². The van der Waals surface area contributed by atoms with Gasteiger partial charge in [0.05, 0.1) is 11.5 Å². The van der Waals surface area contributed by atoms with Gasteiger partial charge in [0.1, 0.15) is 5.57 Å². The molecule has 1 saturated heterocycles. The molecule has 9 heteroatoms. The summed E-state index contributed by atoms with van der Waals surface area (Å²) in [5.41, 5.74) is 1.86. The molecule has 3 rings (SSSR count). The fraction of sp³-hybridized carbons (Fsp3) is 0.450. The molecule has 0 spiro atoms. The van der Waals surface area contributed by atoms with Gasteiger partial charge in [-0.3, -0.25) is 29.9 Å². The second kappa shape index (κ2) is 9.31. The van der Waals surface area contributed by atoms with Crippen LogP contribution in [0.3, 0.4) is 0 Å². The Labute approximate surface area is 167 Å². The zero-order valence-corrected chi connectivity index (χ0v) is 16.0. The molecule has 2 fully saturated rings. The van der Waals surface area contributed by atoms with Crippen LogP contribution in [0.4, 0.5) is 5.69 Å². The van der Waals surface area contributed by atoms with Gasteiger partial charge in [-0.1, -0.05) is 38.2 Å². The molecule has 1 aromatic carbocycles. The van der Waals surface area contributed by atoms with Crippen LogP contribution in [-0.2, 0) is 14.4 Å². The molecule has 0 bridgehead atoms. The fourth-order valence-electron chi connectivity index (χ4n) is 3.73. The van der Waals surface area contributed by atoms with Gasteiger partial charge in [-0.15, -0.1) is 0 Å². The third-order valence-corrected chi connectivity index (χ3v) is 5.25. The van der Waals surface area contributed by atoms with Gasteiger partial charge in [-0.2, -0.15) is 5.01 Å². The van der Waals surface area contributed by atoms with Crippen molar-refractivity contribution in [2.75, 3.05) is 6.61 Å². The van der Waals surface area contributed by atoms with Crippen LogP contribution in [0, 0.1) is 16.0 Å². The third-order valence-electron chi connectivity index (χ3n) is 5.25. The Kier molecular flexibility index (Phi) is 6.58. The number of hydrazine groups is 1. The lowest BCUT2D eigenvalue weighted by Gasteiger charge is -2.21. The average molecular weight is 401 g/mol. The first-order valence-electron chi connectivity index (χ1n) is 9.72. The third kappa shape index (κ3) is 4.98. The highest BCUT2D eigenvalue weighted by atomic mass is 16.6. The number of hydrogen-bond donors (Lipinski definition) is 1. The van der Waals surface area contributed by atoms with Gasteiger partial charge < -0.3 is 4.74 Å². The Hall–Kier alpha value is -3.23. The van der Waals surface area contributed by atoms with Gasteiger partial charge in [-0.25, -0.2) is 0 Å². The molecule has 3 amide bonds. The van der Waals surface area contributed by atoms with Gasteiger partial charge in [0.25, 0.3) is 11.8 Å². The number of imide groups is 1. The van der Waals surface area contributed by atoms with Crippen LogP contribution in [0.5, 0.6) is 5.75 Å². The molecule has 154 valence electrons. The topological polar surface area (TPSA) is 119 Å². The zero-order valence-electron chi connectivity index (χ0n) is 16.0. The number of nitrogens with one attached hydrogen (secondary N) is 1. The Morgan fingerprint density at radius 1 is 1.24 bits per heavy atom. The minimum atomic E-state index is -0.810. The quantitative estimate of drug-likeness (QED) is 0.179. The van der Waals surface area contributed by atoms with E-state index in [-0.39, 0.29) is 29.0 Å². The molecule has 1 aromatic rings. The van der Waals surface area contributed by atoms with E-state index in [1.54, 1.807) is 0 Å². The maximum absolute atomic E-state index is 11.9. The molecule has 2 aliphatic rings. The molecule has 1 N–H and O–H groups in total. The number of carbonyl (C=O) groups excluding carboxylic acids is 3. The second-order valence-electron chi connectivity index (χ2n) is 7.26. The van der Waals surface area contributed by atoms with Crippen LogP contribution in [0.1, 0.15) is 50.5 Å². The van der Waals surface area contributed by atoms with Crippen molar-refractivity contribution in [3.8, 4) is 5.75 Å². The van der Waals surface area contributed by atoms with E-state index in [2.05, 4.69) is 5.43 Å². The summed E-state index contributed by atoms with van der Waals surface area (Å²) >= 11 is 0. The van der Waals surface area contributed by atoms with Crippen LogP contribution in [0.25, 0.3) is 6.08 Å². The van der Waals surface area contributed by atoms with Crippen LogP contribution in [0.2, 0.25) is 0 Å². The Morgan fingerprint density at radius 2 is 2.00 bits per heavy atom. The Balaban J connectivity index is 1.66. The number of nitro benzene ring substituents is 1. The summed E-state index contributed by atoms with van der Waals surface area (Å²) in [6.45, 7) is 0.396. The van der Waals surface area contributed by atoms with E-state index in [1.807, 2.05) is 0 Å². The summed E-state index contributed by atoms with van der Waals surface area (Å²) in [7, 11) is 0. The van der Waals surface area contributed by atoms with Crippen molar-refractivity contribution in [3.63, 3.8) is 0 Å². The predicted octanol–water partition coefficient (Wildman–Crippen LogP) is 2.75. The van der Waals surface area contributed by atoms with Crippen molar-refractivity contribution >= 4 is 30.0 Å². The molecule has 1 saturated carbocycles. The number of amides is 3. The smallest absolute Gasteiger partial charge is 0.311 e. The molecule has 29 heavy (non-hydrogen) atoms. The van der Waals surface area contributed by atoms with E-state index in [0.717, 1.165) is 18.8 Å². The molecule has 0 atom stereocenters. The first-order valence-corrected chi connectivity index (χ1v) is 9.72. The Bertz CT molecular complexity index is 845. The summed E-state index contributed by atoms with van der Waals surface area (Å²) in [5.74, 6) is -0.682. The lowest BCUT2D eigenvalue weighted by Crippen LogP contribution is -2.34. The molecule has 9 nitrogen and oxygen atoms in total. The number of benzene rings is 1. The zero-order chi connectivity index (χ0) is 20.8. The molecular formula is C20H23N3O6. The fourth-order valence-corrected chi connectivity index (χ4v) is 3.73. The standard InChI is InChI=1S/C20H23N3O6/c24-13-22-20(26)16(19(25)21-22)11-15-8-9-18(17(12-15)23(27)28)29-10-4-7-14-5-2-1-3-6-14/h8-9,11-14H,1-7,10H2,(H,21,25)/b16-11-. The van der Waals surface area contributed by atoms with Crippen molar-refractivity contribution in [2.24, 2.45) is 5.92 Å². The lowest BCUT2D eigenvalue weighted by molar-refractivity contribution is -0.385. The normalized spacial score (nSPS) is 18.8. The van der Waals surface area contributed by atoms with Crippen LogP contribution in [-0.4, -0.2) is 34.8 Å². The van der Waals surface area contributed by atoms with E-state index >= 15 is 0 Å².